The lowest BCUT2D eigenvalue weighted by atomic mass is 10.2. The molecule has 0 saturated heterocycles. The van der Waals surface area contributed by atoms with Crippen LogP contribution in [0.3, 0.4) is 0 Å². The number of hydrogen-bond acceptors (Lipinski definition) is 6. The topological polar surface area (TPSA) is 97.0 Å². The summed E-state index contributed by atoms with van der Waals surface area (Å²) < 4.78 is 19.9. The van der Waals surface area contributed by atoms with Gasteiger partial charge in [-0.2, -0.15) is 5.26 Å². The van der Waals surface area contributed by atoms with Crippen molar-refractivity contribution >= 4 is 40.9 Å². The normalized spacial score (nSPS) is 10.3. The van der Waals surface area contributed by atoms with Crippen LogP contribution >= 0.6 is 23.4 Å². The molecule has 0 fully saturated rings. The maximum absolute atomic E-state index is 13.2. The molecule has 3 aromatic rings. The number of amides is 1. The molecule has 2 aromatic carbocycles. The number of halogens is 2. The molecule has 0 spiro atoms. The summed E-state index contributed by atoms with van der Waals surface area (Å²) in [6.07, 6.45) is 3.11. The second kappa shape index (κ2) is 9.43. The first kappa shape index (κ1) is 21.4. The zero-order valence-corrected chi connectivity index (χ0v) is 17.1. The number of esters is 1. The van der Waals surface area contributed by atoms with Gasteiger partial charge in [-0.1, -0.05) is 23.4 Å². The molecule has 3 rings (SSSR count). The average Bonchev–Trinajstić information content (AvgIpc) is 3.17. The smallest absolute Gasteiger partial charge is 0.357 e. The fraction of sp³-hybridized carbons (Fsp3) is 0.100. The number of imidazole rings is 1. The molecule has 1 aromatic heterocycles. The second-order valence-corrected chi connectivity index (χ2v) is 7.05. The number of ether oxygens (including phenoxy) is 1. The first-order valence-electron chi connectivity index (χ1n) is 8.47. The van der Waals surface area contributed by atoms with Gasteiger partial charge in [0.05, 0.1) is 16.8 Å². The van der Waals surface area contributed by atoms with Gasteiger partial charge in [-0.15, -0.1) is 0 Å². The van der Waals surface area contributed by atoms with Crippen LogP contribution < -0.4 is 5.32 Å². The van der Waals surface area contributed by atoms with E-state index in [4.69, 9.17) is 21.6 Å². The zero-order chi connectivity index (χ0) is 21.7. The summed E-state index contributed by atoms with van der Waals surface area (Å²) in [5, 5.41) is 12.1. The fourth-order valence-corrected chi connectivity index (χ4v) is 3.32. The van der Waals surface area contributed by atoms with Crippen molar-refractivity contribution in [2.45, 2.75) is 5.16 Å². The number of aromatic nitrogens is 2. The SMILES string of the molecule is CSc1ncc(C(=O)OCC(=O)Nc2ccc(C#N)c(Cl)c2)n1-c1ccc(F)cc1. The van der Waals surface area contributed by atoms with Crippen molar-refractivity contribution in [2.75, 3.05) is 18.2 Å². The Balaban J connectivity index is 1.70. The number of hydrogen-bond donors (Lipinski definition) is 1. The van der Waals surface area contributed by atoms with E-state index in [1.807, 2.05) is 6.07 Å². The molecule has 0 aliphatic rings. The van der Waals surface area contributed by atoms with Crippen LogP contribution in [-0.4, -0.2) is 34.3 Å². The van der Waals surface area contributed by atoms with E-state index < -0.39 is 24.3 Å². The van der Waals surface area contributed by atoms with Gasteiger partial charge < -0.3 is 10.1 Å². The Hall–Kier alpha value is -3.35. The minimum Gasteiger partial charge on any atom is -0.451 e. The van der Waals surface area contributed by atoms with E-state index in [1.165, 1.54) is 65.0 Å². The van der Waals surface area contributed by atoms with Gasteiger partial charge in [0.15, 0.2) is 17.5 Å². The number of carbonyl (C=O) groups excluding carboxylic acids is 2. The maximum Gasteiger partial charge on any atom is 0.357 e. The first-order chi connectivity index (χ1) is 14.4. The lowest BCUT2D eigenvalue weighted by Gasteiger charge is -2.11. The Morgan fingerprint density at radius 2 is 2.03 bits per heavy atom. The van der Waals surface area contributed by atoms with E-state index in [-0.39, 0.29) is 16.3 Å². The van der Waals surface area contributed by atoms with Crippen molar-refractivity contribution in [1.29, 1.82) is 5.26 Å². The van der Waals surface area contributed by atoms with E-state index in [0.29, 0.717) is 16.5 Å². The van der Waals surface area contributed by atoms with Gasteiger partial charge in [0.1, 0.15) is 11.9 Å². The molecule has 0 aliphatic heterocycles. The minimum absolute atomic E-state index is 0.0974. The van der Waals surface area contributed by atoms with Crippen molar-refractivity contribution < 1.29 is 18.7 Å². The molecule has 30 heavy (non-hydrogen) atoms. The third-order valence-electron chi connectivity index (χ3n) is 3.91. The highest BCUT2D eigenvalue weighted by molar-refractivity contribution is 7.98. The Morgan fingerprint density at radius 1 is 1.30 bits per heavy atom. The zero-order valence-electron chi connectivity index (χ0n) is 15.6. The van der Waals surface area contributed by atoms with Gasteiger partial charge in [0.2, 0.25) is 0 Å². The third-order valence-corrected chi connectivity index (χ3v) is 4.88. The molecule has 1 N–H and O–H groups in total. The predicted molar refractivity (Wildman–Crippen MR) is 110 cm³/mol. The summed E-state index contributed by atoms with van der Waals surface area (Å²) in [7, 11) is 0. The second-order valence-electron chi connectivity index (χ2n) is 5.87. The van der Waals surface area contributed by atoms with Crippen LogP contribution in [-0.2, 0) is 9.53 Å². The monoisotopic (exact) mass is 444 g/mol. The van der Waals surface area contributed by atoms with Crippen LogP contribution in [0.5, 0.6) is 0 Å². The van der Waals surface area contributed by atoms with Crippen molar-refractivity contribution in [3.8, 4) is 11.8 Å². The summed E-state index contributed by atoms with van der Waals surface area (Å²) >= 11 is 7.23. The highest BCUT2D eigenvalue weighted by Gasteiger charge is 2.20. The van der Waals surface area contributed by atoms with Crippen LogP contribution in [0, 0.1) is 17.1 Å². The molecular weight excluding hydrogens is 431 g/mol. The number of anilines is 1. The number of nitrogens with zero attached hydrogens (tertiary/aromatic N) is 3. The molecule has 0 unspecified atom stereocenters. The standard InChI is InChI=1S/C20H14ClFN4O3S/c1-30-20-24-10-17(26(20)15-6-3-13(22)4-7-15)19(28)29-11-18(27)25-14-5-2-12(9-23)16(21)8-14/h2-8,10H,11H2,1H3,(H,25,27). The van der Waals surface area contributed by atoms with Crippen LogP contribution in [0.25, 0.3) is 5.69 Å². The van der Waals surface area contributed by atoms with Gasteiger partial charge in [-0.05, 0) is 48.7 Å². The van der Waals surface area contributed by atoms with E-state index in [2.05, 4.69) is 10.3 Å². The van der Waals surface area contributed by atoms with Gasteiger partial charge in [-0.3, -0.25) is 9.36 Å². The molecule has 1 amide bonds. The summed E-state index contributed by atoms with van der Waals surface area (Å²) in [5.74, 6) is -1.75. The first-order valence-corrected chi connectivity index (χ1v) is 10.1. The highest BCUT2D eigenvalue weighted by Crippen LogP contribution is 2.23. The Bertz CT molecular complexity index is 1140. The summed E-state index contributed by atoms with van der Waals surface area (Å²) in [6.45, 7) is -0.542. The largest absolute Gasteiger partial charge is 0.451 e. The van der Waals surface area contributed by atoms with Crippen LogP contribution in [0.4, 0.5) is 10.1 Å². The summed E-state index contributed by atoms with van der Waals surface area (Å²) in [6, 6.07) is 11.9. The van der Waals surface area contributed by atoms with Crippen molar-refractivity contribution in [3.05, 3.63) is 70.8 Å². The van der Waals surface area contributed by atoms with E-state index >= 15 is 0 Å². The Kier molecular flexibility index (Phi) is 6.72. The Labute approximate surface area is 180 Å². The van der Waals surface area contributed by atoms with Crippen molar-refractivity contribution in [3.63, 3.8) is 0 Å². The number of carbonyl (C=O) groups is 2. The molecule has 0 atom stereocenters. The van der Waals surface area contributed by atoms with Crippen LogP contribution in [0.1, 0.15) is 16.1 Å². The fourth-order valence-electron chi connectivity index (χ4n) is 2.55. The quantitative estimate of drug-likeness (QED) is 0.455. The number of benzene rings is 2. The molecule has 0 saturated carbocycles. The minimum atomic E-state index is -0.764. The number of nitrogens with one attached hydrogen (secondary N) is 1. The lowest BCUT2D eigenvalue weighted by Crippen LogP contribution is -2.22. The maximum atomic E-state index is 13.2. The van der Waals surface area contributed by atoms with Crippen molar-refractivity contribution in [1.82, 2.24) is 9.55 Å². The average molecular weight is 445 g/mol. The van der Waals surface area contributed by atoms with Gasteiger partial charge in [0.25, 0.3) is 5.91 Å². The van der Waals surface area contributed by atoms with Gasteiger partial charge in [-0.25, -0.2) is 14.2 Å². The van der Waals surface area contributed by atoms with Gasteiger partial charge >= 0.3 is 5.97 Å². The van der Waals surface area contributed by atoms with Crippen LogP contribution in [0.15, 0.2) is 53.8 Å². The van der Waals surface area contributed by atoms with E-state index in [0.717, 1.165) is 0 Å². The third kappa shape index (κ3) is 4.79. The molecule has 152 valence electrons. The molecule has 0 radical (unpaired) electrons. The molecular formula is C20H14ClFN4O3S. The van der Waals surface area contributed by atoms with Crippen LogP contribution in [0.2, 0.25) is 5.02 Å². The summed E-state index contributed by atoms with van der Waals surface area (Å²) in [5.41, 5.74) is 1.27. The van der Waals surface area contributed by atoms with E-state index in [1.54, 1.807) is 6.26 Å². The molecule has 0 aliphatic carbocycles. The molecule has 1 heterocycles. The highest BCUT2D eigenvalue weighted by atomic mass is 35.5. The molecule has 7 nitrogen and oxygen atoms in total. The van der Waals surface area contributed by atoms with Crippen molar-refractivity contribution in [2.24, 2.45) is 0 Å². The number of thioether (sulfide) groups is 1. The number of nitriles is 1. The lowest BCUT2D eigenvalue weighted by molar-refractivity contribution is -0.119. The molecule has 10 heteroatoms. The van der Waals surface area contributed by atoms with Gasteiger partial charge in [0, 0.05) is 11.4 Å². The Morgan fingerprint density at radius 3 is 2.67 bits per heavy atom. The predicted octanol–water partition coefficient (Wildman–Crippen LogP) is 4.05. The number of rotatable bonds is 6. The van der Waals surface area contributed by atoms with E-state index in [9.17, 15) is 14.0 Å². The summed E-state index contributed by atoms with van der Waals surface area (Å²) in [4.78, 5) is 28.8. The molecule has 0 bridgehead atoms.